The molecule has 3 aromatic rings. The number of rotatable bonds is 6. The van der Waals surface area contributed by atoms with Crippen LogP contribution in [0.5, 0.6) is 5.75 Å². The second-order valence-corrected chi connectivity index (χ2v) is 9.85. The first kappa shape index (κ1) is 24.1. The molecule has 0 atom stereocenters. The fourth-order valence-corrected chi connectivity index (χ4v) is 5.17. The van der Waals surface area contributed by atoms with E-state index in [1.165, 1.54) is 11.1 Å². The number of carbonyl (C=O) groups is 2. The van der Waals surface area contributed by atoms with Crippen molar-refractivity contribution in [1.29, 1.82) is 0 Å². The van der Waals surface area contributed by atoms with Gasteiger partial charge in [0, 0.05) is 32.1 Å². The smallest absolute Gasteiger partial charge is 0.226 e. The van der Waals surface area contributed by atoms with Gasteiger partial charge in [0.05, 0.1) is 17.7 Å². The van der Waals surface area contributed by atoms with Crippen molar-refractivity contribution in [3.05, 3.63) is 82.2 Å². The molecular formula is C29H33N3O4. The van der Waals surface area contributed by atoms with Crippen molar-refractivity contribution < 1.29 is 18.8 Å². The van der Waals surface area contributed by atoms with E-state index in [0.29, 0.717) is 32.7 Å². The van der Waals surface area contributed by atoms with Gasteiger partial charge >= 0.3 is 0 Å². The summed E-state index contributed by atoms with van der Waals surface area (Å²) in [5.41, 5.74) is 5.35. The van der Waals surface area contributed by atoms with Gasteiger partial charge in [-0.2, -0.15) is 0 Å². The Morgan fingerprint density at radius 3 is 2.39 bits per heavy atom. The van der Waals surface area contributed by atoms with E-state index in [-0.39, 0.29) is 17.7 Å². The van der Waals surface area contributed by atoms with Crippen molar-refractivity contribution in [3.63, 3.8) is 0 Å². The predicted octanol–water partition coefficient (Wildman–Crippen LogP) is 4.24. The van der Waals surface area contributed by atoms with E-state index in [0.717, 1.165) is 54.1 Å². The molecule has 7 heteroatoms. The second kappa shape index (κ2) is 10.6. The molecule has 0 saturated carbocycles. The quantitative estimate of drug-likeness (QED) is 0.520. The van der Waals surface area contributed by atoms with E-state index in [4.69, 9.17) is 9.26 Å². The summed E-state index contributed by atoms with van der Waals surface area (Å²) in [6.45, 7) is 6.93. The number of nitrogens with zero attached hydrogens (tertiary/aromatic N) is 3. The molecule has 2 amide bonds. The molecule has 0 spiro atoms. The molecule has 7 nitrogen and oxygen atoms in total. The fourth-order valence-electron chi connectivity index (χ4n) is 5.17. The number of aromatic nitrogens is 1. The normalized spacial score (nSPS) is 16.1. The molecule has 3 heterocycles. The van der Waals surface area contributed by atoms with Gasteiger partial charge in [-0.3, -0.25) is 9.59 Å². The number of fused-ring (bicyclic) bond motifs is 1. The Morgan fingerprint density at radius 2 is 1.69 bits per heavy atom. The number of benzene rings is 2. The largest absolute Gasteiger partial charge is 0.489 e. The number of ether oxygens (including phenoxy) is 1. The summed E-state index contributed by atoms with van der Waals surface area (Å²) < 4.78 is 11.0. The summed E-state index contributed by atoms with van der Waals surface area (Å²) in [7, 11) is 0. The van der Waals surface area contributed by atoms with Gasteiger partial charge in [-0.05, 0) is 61.9 Å². The van der Waals surface area contributed by atoms with Crippen molar-refractivity contribution in [3.8, 4) is 5.75 Å². The molecule has 5 rings (SSSR count). The lowest BCUT2D eigenvalue weighted by Gasteiger charge is -2.36. The average Bonchev–Trinajstić information content (AvgIpc) is 3.24. The summed E-state index contributed by atoms with van der Waals surface area (Å²) in [4.78, 5) is 29.9. The summed E-state index contributed by atoms with van der Waals surface area (Å²) in [6.07, 6.45) is 2.74. The summed E-state index contributed by atoms with van der Waals surface area (Å²) in [5.74, 6) is 1.86. The zero-order valence-electron chi connectivity index (χ0n) is 21.0. The minimum Gasteiger partial charge on any atom is -0.489 e. The molecule has 1 aromatic heterocycles. The van der Waals surface area contributed by atoms with E-state index in [1.807, 2.05) is 54.0 Å². The summed E-state index contributed by atoms with van der Waals surface area (Å²) >= 11 is 0. The molecule has 2 aliphatic rings. The van der Waals surface area contributed by atoms with Gasteiger partial charge in [-0.25, -0.2) is 0 Å². The lowest BCUT2D eigenvalue weighted by atomic mass is 9.92. The van der Waals surface area contributed by atoms with Crippen LogP contribution in [0, 0.1) is 19.8 Å². The van der Waals surface area contributed by atoms with Crippen molar-refractivity contribution >= 4 is 11.8 Å². The van der Waals surface area contributed by atoms with Gasteiger partial charge in [0.25, 0.3) is 0 Å². The Hall–Kier alpha value is -3.61. The third-order valence-electron chi connectivity index (χ3n) is 7.48. The van der Waals surface area contributed by atoms with Crippen LogP contribution in [-0.4, -0.2) is 46.4 Å². The minimum atomic E-state index is 0.00782. The van der Waals surface area contributed by atoms with Gasteiger partial charge in [0.1, 0.15) is 18.1 Å². The number of hydrogen-bond acceptors (Lipinski definition) is 5. The van der Waals surface area contributed by atoms with Crippen LogP contribution in [0.4, 0.5) is 0 Å². The van der Waals surface area contributed by atoms with E-state index in [1.54, 1.807) is 0 Å². The topological polar surface area (TPSA) is 75.9 Å². The number of amides is 2. The number of aryl methyl sites for hydroxylation is 2. The lowest BCUT2D eigenvalue weighted by molar-refractivity contribution is -0.141. The maximum atomic E-state index is 13.1. The zero-order valence-corrected chi connectivity index (χ0v) is 21.0. The number of piperidine rings is 1. The molecule has 2 aromatic carbocycles. The van der Waals surface area contributed by atoms with Crippen LogP contribution in [0.2, 0.25) is 0 Å². The van der Waals surface area contributed by atoms with Crippen LogP contribution in [0.25, 0.3) is 0 Å². The Bertz CT molecular complexity index is 1210. The monoisotopic (exact) mass is 487 g/mol. The molecule has 0 unspecified atom stereocenters. The maximum absolute atomic E-state index is 13.1. The van der Waals surface area contributed by atoms with E-state index in [2.05, 4.69) is 23.4 Å². The molecule has 0 aliphatic carbocycles. The van der Waals surface area contributed by atoms with Gasteiger partial charge in [-0.15, -0.1) is 0 Å². The fraction of sp³-hybridized carbons (Fsp3) is 0.414. The molecule has 36 heavy (non-hydrogen) atoms. The Balaban J connectivity index is 1.08. The number of carbonyl (C=O) groups excluding carboxylic acids is 2. The average molecular weight is 488 g/mol. The third kappa shape index (κ3) is 5.30. The van der Waals surface area contributed by atoms with Crippen molar-refractivity contribution in [2.75, 3.05) is 19.6 Å². The van der Waals surface area contributed by atoms with Crippen LogP contribution >= 0.6 is 0 Å². The third-order valence-corrected chi connectivity index (χ3v) is 7.48. The van der Waals surface area contributed by atoms with Crippen molar-refractivity contribution in [2.45, 2.75) is 52.7 Å². The zero-order chi connectivity index (χ0) is 25.1. The summed E-state index contributed by atoms with van der Waals surface area (Å²) in [6, 6.07) is 16.0. The van der Waals surface area contributed by atoms with Crippen LogP contribution in [-0.2, 0) is 35.6 Å². The highest BCUT2D eigenvalue weighted by molar-refractivity contribution is 5.81. The first-order valence-electron chi connectivity index (χ1n) is 12.7. The SMILES string of the molecule is Cc1noc(C)c1COc1ccc(CC(=O)N2CCC(C(=O)N3CCc4ccccc4C3)CC2)cc1. The molecule has 1 saturated heterocycles. The highest BCUT2D eigenvalue weighted by Crippen LogP contribution is 2.25. The van der Waals surface area contributed by atoms with Crippen molar-refractivity contribution in [2.24, 2.45) is 5.92 Å². The highest BCUT2D eigenvalue weighted by Gasteiger charge is 2.31. The van der Waals surface area contributed by atoms with Gasteiger partial charge in [-0.1, -0.05) is 41.6 Å². The van der Waals surface area contributed by atoms with E-state index >= 15 is 0 Å². The van der Waals surface area contributed by atoms with Gasteiger partial charge in [0.15, 0.2) is 0 Å². The molecule has 1 fully saturated rings. The van der Waals surface area contributed by atoms with E-state index in [9.17, 15) is 9.59 Å². The van der Waals surface area contributed by atoms with Gasteiger partial charge in [0.2, 0.25) is 11.8 Å². The molecular weight excluding hydrogens is 454 g/mol. The first-order valence-corrected chi connectivity index (χ1v) is 12.7. The standard InChI is InChI=1S/C29H33N3O4/c1-20-27(21(2)36-30-20)19-35-26-9-7-22(8-10-26)17-28(33)31-14-12-24(13-15-31)29(34)32-16-11-23-5-3-4-6-25(23)18-32/h3-10,24H,11-19H2,1-2H3. The second-order valence-electron chi connectivity index (χ2n) is 9.85. The van der Waals surface area contributed by atoms with E-state index < -0.39 is 0 Å². The Labute approximate surface area is 212 Å². The van der Waals surface area contributed by atoms with Crippen LogP contribution in [0.1, 0.15) is 46.5 Å². The molecule has 0 bridgehead atoms. The van der Waals surface area contributed by atoms with Crippen LogP contribution in [0.15, 0.2) is 53.1 Å². The molecule has 0 radical (unpaired) electrons. The first-order chi connectivity index (χ1) is 17.5. The summed E-state index contributed by atoms with van der Waals surface area (Å²) in [5, 5.41) is 3.95. The Morgan fingerprint density at radius 1 is 0.972 bits per heavy atom. The molecule has 188 valence electrons. The van der Waals surface area contributed by atoms with Crippen LogP contribution < -0.4 is 4.74 Å². The molecule has 0 N–H and O–H groups in total. The number of hydrogen-bond donors (Lipinski definition) is 0. The van der Waals surface area contributed by atoms with Gasteiger partial charge < -0.3 is 19.1 Å². The van der Waals surface area contributed by atoms with Crippen molar-refractivity contribution in [1.82, 2.24) is 15.0 Å². The maximum Gasteiger partial charge on any atom is 0.226 e. The predicted molar refractivity (Wildman–Crippen MR) is 135 cm³/mol. The van der Waals surface area contributed by atoms with Crippen LogP contribution in [0.3, 0.4) is 0 Å². The highest BCUT2D eigenvalue weighted by atomic mass is 16.5. The lowest BCUT2D eigenvalue weighted by Crippen LogP contribution is -2.46. The minimum absolute atomic E-state index is 0.00782. The number of likely N-dealkylation sites (tertiary alicyclic amines) is 1. The molecule has 2 aliphatic heterocycles. The Kier molecular flexibility index (Phi) is 7.07.